The molecule has 1 aliphatic heterocycles. The topological polar surface area (TPSA) is 30.3 Å². The molecule has 1 heterocycles. The van der Waals surface area contributed by atoms with Crippen LogP contribution in [0.2, 0.25) is 0 Å². The van der Waals surface area contributed by atoms with Crippen molar-refractivity contribution in [2.24, 2.45) is 5.92 Å². The molecule has 0 aromatic rings. The average molecular weight is 209 g/mol. The molecule has 0 aromatic carbocycles. The van der Waals surface area contributed by atoms with Gasteiger partial charge >= 0.3 is 0 Å². The smallest absolute Gasteiger partial charge is 0.0989 e. The maximum atomic E-state index is 8.25. The number of nitrogens with one attached hydrogen (secondary N) is 1. The fraction of sp³-hybridized carbons (Fsp3) is 0.917. The van der Waals surface area contributed by atoms with Gasteiger partial charge in [0.25, 0.3) is 0 Å². The predicted octanol–water partition coefficient (Wildman–Crippen LogP) is 1.79. The van der Waals surface area contributed by atoms with E-state index in [0.29, 0.717) is 5.92 Å². The lowest BCUT2D eigenvalue weighted by Gasteiger charge is -2.26. The quantitative estimate of drug-likeness (QED) is 0.527. The molecule has 0 atom stereocenters. The molecule has 0 unspecified atom stereocenters. The molecular formula is C12H23N3. The largest absolute Gasteiger partial charge is 0.359 e. The first-order valence-electron chi connectivity index (χ1n) is 6.29. The van der Waals surface area contributed by atoms with Crippen molar-refractivity contribution in [2.45, 2.75) is 32.1 Å². The van der Waals surface area contributed by atoms with Gasteiger partial charge in [0.15, 0.2) is 0 Å². The lowest BCUT2D eigenvalue weighted by atomic mass is 10.1. The van der Waals surface area contributed by atoms with Crippen molar-refractivity contribution in [2.75, 3.05) is 33.2 Å². The molecule has 0 spiro atoms. The van der Waals surface area contributed by atoms with Gasteiger partial charge in [-0.3, -0.25) is 5.41 Å². The molecule has 1 saturated carbocycles. The number of rotatable bonds is 1. The number of nitrogens with zero attached hydrogens (tertiary/aromatic N) is 2. The van der Waals surface area contributed by atoms with E-state index < -0.39 is 0 Å². The van der Waals surface area contributed by atoms with Crippen LogP contribution in [0.5, 0.6) is 0 Å². The van der Waals surface area contributed by atoms with Crippen molar-refractivity contribution in [1.29, 1.82) is 5.41 Å². The van der Waals surface area contributed by atoms with Crippen molar-refractivity contribution in [3.63, 3.8) is 0 Å². The highest BCUT2D eigenvalue weighted by molar-refractivity contribution is 5.81. The Kier molecular flexibility index (Phi) is 3.62. The van der Waals surface area contributed by atoms with E-state index >= 15 is 0 Å². The first-order chi connectivity index (χ1) is 7.27. The number of amidine groups is 1. The van der Waals surface area contributed by atoms with Gasteiger partial charge in [0, 0.05) is 25.6 Å². The van der Waals surface area contributed by atoms with Gasteiger partial charge in [0.1, 0.15) is 0 Å². The molecule has 3 heteroatoms. The second-order valence-electron chi connectivity index (χ2n) is 5.01. The normalized spacial score (nSPS) is 25.5. The fourth-order valence-corrected chi connectivity index (χ4v) is 2.74. The SMILES string of the molecule is CN1CCCN(C(=N)C2CCCC2)CC1. The van der Waals surface area contributed by atoms with Crippen LogP contribution in [-0.4, -0.2) is 48.9 Å². The monoisotopic (exact) mass is 209 g/mol. The molecule has 86 valence electrons. The Morgan fingerprint density at radius 2 is 1.73 bits per heavy atom. The van der Waals surface area contributed by atoms with Crippen LogP contribution in [0.3, 0.4) is 0 Å². The standard InChI is InChI=1S/C12H23N3/c1-14-7-4-8-15(10-9-14)12(13)11-5-2-3-6-11/h11,13H,2-10H2,1H3. The van der Waals surface area contributed by atoms with Crippen LogP contribution in [0.15, 0.2) is 0 Å². The first kappa shape index (κ1) is 10.9. The second-order valence-corrected chi connectivity index (χ2v) is 5.01. The summed E-state index contributed by atoms with van der Waals surface area (Å²) in [5.41, 5.74) is 0. The van der Waals surface area contributed by atoms with Gasteiger partial charge in [-0.05, 0) is 32.9 Å². The third-order valence-electron chi connectivity index (χ3n) is 3.80. The minimum Gasteiger partial charge on any atom is -0.359 e. The van der Waals surface area contributed by atoms with Crippen molar-refractivity contribution in [1.82, 2.24) is 9.80 Å². The van der Waals surface area contributed by atoms with Crippen LogP contribution in [0.1, 0.15) is 32.1 Å². The summed E-state index contributed by atoms with van der Waals surface area (Å²) in [5.74, 6) is 1.51. The molecule has 1 N–H and O–H groups in total. The molecule has 1 saturated heterocycles. The van der Waals surface area contributed by atoms with E-state index in [2.05, 4.69) is 16.8 Å². The third-order valence-corrected chi connectivity index (χ3v) is 3.80. The first-order valence-corrected chi connectivity index (χ1v) is 6.29. The van der Waals surface area contributed by atoms with Crippen LogP contribution in [-0.2, 0) is 0 Å². The molecule has 0 radical (unpaired) electrons. The van der Waals surface area contributed by atoms with E-state index in [0.717, 1.165) is 25.5 Å². The summed E-state index contributed by atoms with van der Waals surface area (Å²) in [4.78, 5) is 4.70. The summed E-state index contributed by atoms with van der Waals surface area (Å²) in [6, 6.07) is 0. The number of hydrogen-bond donors (Lipinski definition) is 1. The van der Waals surface area contributed by atoms with Crippen LogP contribution < -0.4 is 0 Å². The van der Waals surface area contributed by atoms with Gasteiger partial charge in [0.05, 0.1) is 5.84 Å². The molecule has 2 rings (SSSR count). The lowest BCUT2D eigenvalue weighted by molar-refractivity contribution is 0.341. The van der Waals surface area contributed by atoms with E-state index in [9.17, 15) is 0 Å². The zero-order chi connectivity index (χ0) is 10.7. The van der Waals surface area contributed by atoms with E-state index in [4.69, 9.17) is 5.41 Å². The molecule has 2 fully saturated rings. The Labute approximate surface area is 92.9 Å². The van der Waals surface area contributed by atoms with Crippen molar-refractivity contribution in [3.8, 4) is 0 Å². The summed E-state index contributed by atoms with van der Waals surface area (Å²) >= 11 is 0. The van der Waals surface area contributed by atoms with E-state index in [1.54, 1.807) is 0 Å². The molecule has 2 aliphatic rings. The summed E-state index contributed by atoms with van der Waals surface area (Å²) in [7, 11) is 2.18. The average Bonchev–Trinajstić information content (AvgIpc) is 2.67. The highest BCUT2D eigenvalue weighted by Gasteiger charge is 2.24. The fourth-order valence-electron chi connectivity index (χ4n) is 2.74. The Morgan fingerprint density at radius 3 is 2.47 bits per heavy atom. The van der Waals surface area contributed by atoms with Crippen LogP contribution >= 0.6 is 0 Å². The summed E-state index contributed by atoms with van der Waals surface area (Å²) in [6.07, 6.45) is 6.39. The molecule has 0 bridgehead atoms. The Morgan fingerprint density at radius 1 is 1.00 bits per heavy atom. The summed E-state index contributed by atoms with van der Waals surface area (Å²) < 4.78 is 0. The minimum atomic E-state index is 0.577. The molecular weight excluding hydrogens is 186 g/mol. The van der Waals surface area contributed by atoms with Crippen LogP contribution in [0.4, 0.5) is 0 Å². The molecule has 15 heavy (non-hydrogen) atoms. The highest BCUT2D eigenvalue weighted by atomic mass is 15.2. The third kappa shape index (κ3) is 2.71. The number of likely N-dealkylation sites (N-methyl/N-ethyl adjacent to an activating group) is 1. The Bertz CT molecular complexity index is 221. The van der Waals surface area contributed by atoms with Gasteiger partial charge in [-0.25, -0.2) is 0 Å². The Balaban J connectivity index is 1.88. The molecule has 0 aromatic heterocycles. The second kappa shape index (κ2) is 4.97. The Hall–Kier alpha value is -0.570. The summed E-state index contributed by atoms with van der Waals surface area (Å²) in [6.45, 7) is 4.47. The van der Waals surface area contributed by atoms with Crippen molar-refractivity contribution < 1.29 is 0 Å². The number of hydrogen-bond acceptors (Lipinski definition) is 2. The van der Waals surface area contributed by atoms with Gasteiger partial charge in [-0.1, -0.05) is 12.8 Å². The van der Waals surface area contributed by atoms with E-state index in [1.807, 2.05) is 0 Å². The van der Waals surface area contributed by atoms with Gasteiger partial charge in [-0.15, -0.1) is 0 Å². The van der Waals surface area contributed by atoms with E-state index in [-0.39, 0.29) is 0 Å². The van der Waals surface area contributed by atoms with Gasteiger partial charge < -0.3 is 9.80 Å². The van der Waals surface area contributed by atoms with Crippen molar-refractivity contribution >= 4 is 5.84 Å². The highest BCUT2D eigenvalue weighted by Crippen LogP contribution is 2.27. The zero-order valence-electron chi connectivity index (χ0n) is 9.84. The van der Waals surface area contributed by atoms with Crippen LogP contribution in [0, 0.1) is 11.3 Å². The maximum absolute atomic E-state index is 8.25. The molecule has 1 aliphatic carbocycles. The van der Waals surface area contributed by atoms with Gasteiger partial charge in [0.2, 0.25) is 0 Å². The predicted molar refractivity (Wildman–Crippen MR) is 63.4 cm³/mol. The van der Waals surface area contributed by atoms with Gasteiger partial charge in [-0.2, -0.15) is 0 Å². The van der Waals surface area contributed by atoms with E-state index in [1.165, 1.54) is 38.6 Å². The van der Waals surface area contributed by atoms with Crippen molar-refractivity contribution in [3.05, 3.63) is 0 Å². The lowest BCUT2D eigenvalue weighted by Crippen LogP contribution is -2.37. The summed E-state index contributed by atoms with van der Waals surface area (Å²) in [5, 5.41) is 8.25. The molecule has 3 nitrogen and oxygen atoms in total. The minimum absolute atomic E-state index is 0.577. The zero-order valence-corrected chi connectivity index (χ0v) is 9.84. The molecule has 0 amide bonds. The van der Waals surface area contributed by atoms with Crippen LogP contribution in [0.25, 0.3) is 0 Å². The maximum Gasteiger partial charge on any atom is 0.0989 e.